The molecule has 1 aromatic carbocycles. The summed E-state index contributed by atoms with van der Waals surface area (Å²) in [5.41, 5.74) is -0.433. The van der Waals surface area contributed by atoms with Crippen LogP contribution >= 0.6 is 11.3 Å². The van der Waals surface area contributed by atoms with Crippen LogP contribution in [-0.2, 0) is 26.4 Å². The van der Waals surface area contributed by atoms with Gasteiger partial charge in [0.1, 0.15) is 11.3 Å². The van der Waals surface area contributed by atoms with Gasteiger partial charge >= 0.3 is 0 Å². The van der Waals surface area contributed by atoms with Gasteiger partial charge in [-0.2, -0.15) is 5.10 Å². The van der Waals surface area contributed by atoms with E-state index in [1.165, 1.54) is 34.2 Å². The van der Waals surface area contributed by atoms with Crippen LogP contribution in [-0.4, -0.2) is 38.0 Å². The second-order valence-electron chi connectivity index (χ2n) is 8.27. The van der Waals surface area contributed by atoms with Crippen molar-refractivity contribution in [1.82, 2.24) is 9.78 Å². The Morgan fingerprint density at radius 1 is 1.29 bits per heavy atom. The molecule has 10 nitrogen and oxygen atoms in total. The maximum absolute atomic E-state index is 13.3. The average molecular weight is 521 g/mol. The molecule has 0 amide bonds. The van der Waals surface area contributed by atoms with Crippen molar-refractivity contribution in [2.24, 2.45) is 5.92 Å². The number of thiophene rings is 1. The highest BCUT2D eigenvalue weighted by Gasteiger charge is 2.31. The molecule has 34 heavy (non-hydrogen) atoms. The average Bonchev–Trinajstić information content (AvgIpc) is 3.39. The fourth-order valence-electron chi connectivity index (χ4n) is 3.71. The fraction of sp³-hybridized carbons (Fsp3) is 0.238. The normalized spacial score (nSPS) is 16.9. The molecule has 0 spiro atoms. The highest BCUT2D eigenvalue weighted by Crippen LogP contribution is 2.40. The van der Waals surface area contributed by atoms with Crippen LogP contribution < -0.4 is 15.6 Å². The maximum atomic E-state index is 13.3. The Morgan fingerprint density at radius 3 is 2.71 bits per heavy atom. The number of sulfone groups is 1. The van der Waals surface area contributed by atoms with E-state index in [0.717, 1.165) is 24.5 Å². The van der Waals surface area contributed by atoms with Crippen LogP contribution in [0.5, 0.6) is 5.75 Å². The van der Waals surface area contributed by atoms with Gasteiger partial charge < -0.3 is 10.4 Å². The Bertz CT molecular complexity index is 1600. The van der Waals surface area contributed by atoms with Crippen LogP contribution in [0.1, 0.15) is 18.4 Å². The van der Waals surface area contributed by atoms with Gasteiger partial charge in [0.25, 0.3) is 5.56 Å². The maximum Gasteiger partial charge on any atom is 0.279 e. The number of sulfonamides is 1. The second-order valence-corrected chi connectivity index (χ2v) is 12.7. The molecule has 0 saturated heterocycles. The smallest absolute Gasteiger partial charge is 0.279 e. The van der Waals surface area contributed by atoms with Crippen molar-refractivity contribution in [3.8, 4) is 16.3 Å². The second kappa shape index (κ2) is 7.96. The summed E-state index contributed by atoms with van der Waals surface area (Å²) in [6.45, 7) is 0.377. The molecule has 3 N–H and O–H groups in total. The summed E-state index contributed by atoms with van der Waals surface area (Å²) in [5, 5.41) is 21.0. The Morgan fingerprint density at radius 2 is 2.06 bits per heavy atom. The SMILES string of the molecule is CS(=O)(=O)Nc1ccc2c(c1)S(=O)(=O)C=C(c1c(O)c(-c3cccs3)nn(CC3CC3)c1=O)N2. The van der Waals surface area contributed by atoms with Gasteiger partial charge in [0, 0.05) is 12.2 Å². The fourth-order valence-corrected chi connectivity index (χ4v) is 6.30. The van der Waals surface area contributed by atoms with E-state index in [1.54, 1.807) is 12.1 Å². The molecule has 2 aliphatic rings. The van der Waals surface area contributed by atoms with E-state index in [1.807, 2.05) is 5.38 Å². The lowest BCUT2D eigenvalue weighted by Crippen LogP contribution is -2.29. The summed E-state index contributed by atoms with van der Waals surface area (Å²) in [5.74, 6) is -0.0930. The summed E-state index contributed by atoms with van der Waals surface area (Å²) in [6.07, 6.45) is 2.91. The lowest BCUT2D eigenvalue weighted by molar-refractivity contribution is 0.455. The predicted octanol–water partition coefficient (Wildman–Crippen LogP) is 2.66. The lowest BCUT2D eigenvalue weighted by Gasteiger charge is -2.21. The van der Waals surface area contributed by atoms with Gasteiger partial charge in [-0.15, -0.1) is 11.3 Å². The predicted molar refractivity (Wildman–Crippen MR) is 130 cm³/mol. The zero-order chi connectivity index (χ0) is 24.3. The summed E-state index contributed by atoms with van der Waals surface area (Å²) < 4.78 is 52.8. The number of nitrogens with one attached hydrogen (secondary N) is 2. The third kappa shape index (κ3) is 4.33. The molecular weight excluding hydrogens is 500 g/mol. The van der Waals surface area contributed by atoms with Crippen molar-refractivity contribution in [1.29, 1.82) is 0 Å². The molecule has 1 saturated carbocycles. The molecule has 3 heterocycles. The number of anilines is 2. The van der Waals surface area contributed by atoms with E-state index < -0.39 is 31.2 Å². The van der Waals surface area contributed by atoms with Crippen molar-refractivity contribution in [3.05, 3.63) is 57.0 Å². The standard InChI is InChI=1S/C21H20N4O6S3/c1-33(28,29)24-13-6-7-14-17(9-13)34(30,31)11-15(22-14)18-20(26)19(16-3-2-8-32-16)23-25(21(18)27)10-12-4-5-12/h2-3,6-9,11-12,22,24,26H,4-5,10H2,1H3. The zero-order valence-electron chi connectivity index (χ0n) is 17.8. The first kappa shape index (κ1) is 22.6. The Balaban J connectivity index is 1.65. The summed E-state index contributed by atoms with van der Waals surface area (Å²) >= 11 is 1.34. The molecule has 5 rings (SSSR count). The number of hydrogen-bond donors (Lipinski definition) is 3. The van der Waals surface area contributed by atoms with Crippen molar-refractivity contribution in [3.63, 3.8) is 0 Å². The van der Waals surface area contributed by atoms with Gasteiger partial charge in [-0.05, 0) is 48.4 Å². The monoisotopic (exact) mass is 520 g/mol. The van der Waals surface area contributed by atoms with Crippen LogP contribution in [0.15, 0.2) is 50.8 Å². The van der Waals surface area contributed by atoms with Gasteiger partial charge in [-0.3, -0.25) is 9.52 Å². The summed E-state index contributed by atoms with van der Waals surface area (Å²) in [4.78, 5) is 13.8. The van der Waals surface area contributed by atoms with E-state index >= 15 is 0 Å². The molecule has 0 radical (unpaired) electrons. The van der Waals surface area contributed by atoms with Crippen molar-refractivity contribution in [2.45, 2.75) is 24.3 Å². The molecular formula is C21H20N4O6S3. The quantitative estimate of drug-likeness (QED) is 0.449. The van der Waals surface area contributed by atoms with Crippen molar-refractivity contribution >= 4 is 48.3 Å². The van der Waals surface area contributed by atoms with E-state index in [0.29, 0.717) is 17.3 Å². The molecule has 3 aromatic rings. The number of aromatic nitrogens is 2. The topological polar surface area (TPSA) is 147 Å². The highest BCUT2D eigenvalue weighted by molar-refractivity contribution is 7.94. The minimum Gasteiger partial charge on any atom is -0.505 e. The highest BCUT2D eigenvalue weighted by atomic mass is 32.2. The third-order valence-electron chi connectivity index (χ3n) is 5.42. The van der Waals surface area contributed by atoms with E-state index in [9.17, 15) is 26.7 Å². The number of nitrogens with zero attached hydrogens (tertiary/aromatic N) is 2. The minimum absolute atomic E-state index is 0.0800. The molecule has 1 aliphatic heterocycles. The van der Waals surface area contributed by atoms with E-state index in [4.69, 9.17) is 0 Å². The molecule has 0 bridgehead atoms. The number of hydrogen-bond acceptors (Lipinski definition) is 9. The van der Waals surface area contributed by atoms with E-state index in [2.05, 4.69) is 15.1 Å². The Kier molecular flexibility index (Phi) is 5.30. The van der Waals surface area contributed by atoms with E-state index in [-0.39, 0.29) is 33.2 Å². The van der Waals surface area contributed by atoms with Crippen molar-refractivity contribution < 1.29 is 21.9 Å². The third-order valence-corrected chi connectivity index (χ3v) is 8.40. The van der Waals surface area contributed by atoms with Gasteiger partial charge in [0.2, 0.25) is 19.9 Å². The van der Waals surface area contributed by atoms with Gasteiger partial charge in [0.05, 0.1) is 32.8 Å². The summed E-state index contributed by atoms with van der Waals surface area (Å²) in [7, 11) is -7.68. The number of aromatic hydroxyl groups is 1. The van der Waals surface area contributed by atoms with Crippen molar-refractivity contribution in [2.75, 3.05) is 16.3 Å². The van der Waals surface area contributed by atoms with Crippen LogP contribution in [0.3, 0.4) is 0 Å². The van der Waals surface area contributed by atoms with Crippen LogP contribution in [0, 0.1) is 5.92 Å². The van der Waals surface area contributed by atoms with Crippen LogP contribution in [0.4, 0.5) is 11.4 Å². The Labute approximate surface area is 199 Å². The molecule has 178 valence electrons. The summed E-state index contributed by atoms with van der Waals surface area (Å²) in [6, 6.07) is 7.54. The molecule has 0 unspecified atom stereocenters. The lowest BCUT2D eigenvalue weighted by atomic mass is 10.1. The number of benzene rings is 1. The molecule has 0 atom stereocenters. The number of fused-ring (bicyclic) bond motifs is 1. The Hall–Kier alpha value is -3.16. The van der Waals surface area contributed by atoms with Gasteiger partial charge in [0.15, 0.2) is 5.75 Å². The molecule has 1 aliphatic carbocycles. The first-order valence-electron chi connectivity index (χ1n) is 10.3. The molecule has 1 fully saturated rings. The first-order valence-corrected chi connectivity index (χ1v) is 14.6. The minimum atomic E-state index is -4.08. The van der Waals surface area contributed by atoms with Crippen LogP contribution in [0.25, 0.3) is 16.3 Å². The van der Waals surface area contributed by atoms with Crippen LogP contribution in [0.2, 0.25) is 0 Å². The largest absolute Gasteiger partial charge is 0.505 e. The van der Waals surface area contributed by atoms with Gasteiger partial charge in [-0.25, -0.2) is 21.5 Å². The first-order chi connectivity index (χ1) is 16.0. The zero-order valence-corrected chi connectivity index (χ0v) is 20.3. The van der Waals surface area contributed by atoms with Gasteiger partial charge in [-0.1, -0.05) is 6.07 Å². The number of rotatable bonds is 6. The molecule has 2 aromatic heterocycles. The molecule has 13 heteroatoms.